The first-order chi connectivity index (χ1) is 11.2. The van der Waals surface area contributed by atoms with Crippen molar-refractivity contribution in [3.8, 4) is 11.8 Å². The van der Waals surface area contributed by atoms with Crippen LogP contribution in [0.5, 0.6) is 0 Å². The first-order valence-corrected chi connectivity index (χ1v) is 7.06. The highest BCUT2D eigenvalue weighted by Gasteiger charge is 2.17. The lowest BCUT2D eigenvalue weighted by Crippen LogP contribution is -2.18. The van der Waals surface area contributed by atoms with E-state index in [2.05, 4.69) is 10.2 Å². The normalized spacial score (nSPS) is 10.3. The van der Waals surface area contributed by atoms with Gasteiger partial charge in [-0.1, -0.05) is 42.5 Å². The minimum absolute atomic E-state index is 0.159. The van der Waals surface area contributed by atoms with Gasteiger partial charge in [0, 0.05) is 13.6 Å². The monoisotopic (exact) mass is 307 g/mol. The number of nitrogens with zero attached hydrogens (tertiary/aromatic N) is 5. The average molecular weight is 307 g/mol. The van der Waals surface area contributed by atoms with Crippen molar-refractivity contribution in [1.29, 1.82) is 5.26 Å². The van der Waals surface area contributed by atoms with Crippen molar-refractivity contribution in [2.75, 3.05) is 11.9 Å². The van der Waals surface area contributed by atoms with Crippen LogP contribution in [0.25, 0.3) is 5.69 Å². The molecule has 0 N–H and O–H groups in total. The van der Waals surface area contributed by atoms with Crippen LogP contribution >= 0.6 is 0 Å². The Bertz CT molecular complexity index is 851. The Labute approximate surface area is 133 Å². The molecule has 23 heavy (non-hydrogen) atoms. The molecule has 0 aliphatic carbocycles. The number of hydrogen-bond acceptors (Lipinski definition) is 4. The van der Waals surface area contributed by atoms with Crippen molar-refractivity contribution in [1.82, 2.24) is 15.0 Å². The zero-order valence-electron chi connectivity index (χ0n) is 12.5. The molecule has 0 fully saturated rings. The van der Waals surface area contributed by atoms with Gasteiger partial charge in [-0.25, -0.2) is 4.39 Å². The predicted molar refractivity (Wildman–Crippen MR) is 84.6 cm³/mol. The number of nitriles is 1. The van der Waals surface area contributed by atoms with Gasteiger partial charge in [-0.15, -0.1) is 15.0 Å². The fourth-order valence-electron chi connectivity index (χ4n) is 2.28. The Hall–Kier alpha value is -3.20. The van der Waals surface area contributed by atoms with E-state index in [9.17, 15) is 9.65 Å². The third-order valence-corrected chi connectivity index (χ3v) is 3.39. The van der Waals surface area contributed by atoms with Crippen LogP contribution in [0.1, 0.15) is 11.3 Å². The summed E-state index contributed by atoms with van der Waals surface area (Å²) >= 11 is 0. The third-order valence-electron chi connectivity index (χ3n) is 3.39. The lowest BCUT2D eigenvalue weighted by molar-refractivity contribution is 0.596. The van der Waals surface area contributed by atoms with Gasteiger partial charge in [-0.2, -0.15) is 5.26 Å². The van der Waals surface area contributed by atoms with Gasteiger partial charge in [0.2, 0.25) is 5.69 Å². The van der Waals surface area contributed by atoms with E-state index in [1.165, 1.54) is 6.07 Å². The molecule has 2 aromatic carbocycles. The van der Waals surface area contributed by atoms with Crippen LogP contribution in [0.2, 0.25) is 0 Å². The molecule has 0 aliphatic heterocycles. The van der Waals surface area contributed by atoms with E-state index < -0.39 is 5.82 Å². The van der Waals surface area contributed by atoms with Crippen molar-refractivity contribution < 1.29 is 4.39 Å². The van der Waals surface area contributed by atoms with Crippen LogP contribution in [-0.4, -0.2) is 22.0 Å². The molecule has 0 aliphatic rings. The smallest absolute Gasteiger partial charge is 0.207 e. The molecule has 0 atom stereocenters. The first-order valence-electron chi connectivity index (χ1n) is 7.06. The Morgan fingerprint density at radius 2 is 1.78 bits per heavy atom. The van der Waals surface area contributed by atoms with Gasteiger partial charge in [-0.3, -0.25) is 0 Å². The van der Waals surface area contributed by atoms with Crippen LogP contribution in [-0.2, 0) is 6.54 Å². The van der Waals surface area contributed by atoms with Gasteiger partial charge in [0.25, 0.3) is 0 Å². The van der Waals surface area contributed by atoms with Crippen LogP contribution in [0, 0.1) is 17.1 Å². The van der Waals surface area contributed by atoms with E-state index in [0.29, 0.717) is 12.4 Å². The zero-order valence-corrected chi connectivity index (χ0v) is 12.5. The van der Waals surface area contributed by atoms with Crippen molar-refractivity contribution in [3.05, 3.63) is 71.7 Å². The topological polar surface area (TPSA) is 57.7 Å². The van der Waals surface area contributed by atoms with Crippen molar-refractivity contribution in [3.63, 3.8) is 0 Å². The molecule has 0 saturated carbocycles. The molecule has 3 rings (SSSR count). The van der Waals surface area contributed by atoms with Gasteiger partial charge >= 0.3 is 0 Å². The van der Waals surface area contributed by atoms with Gasteiger partial charge in [0.1, 0.15) is 11.8 Å². The van der Waals surface area contributed by atoms with Crippen molar-refractivity contribution in [2.45, 2.75) is 6.54 Å². The minimum Gasteiger partial charge on any atom is -0.351 e. The summed E-state index contributed by atoms with van der Waals surface area (Å²) in [6.07, 6.45) is 0. The maximum Gasteiger partial charge on any atom is 0.207 e. The molecule has 0 spiro atoms. The maximum atomic E-state index is 13.9. The third kappa shape index (κ3) is 3.04. The van der Waals surface area contributed by atoms with Gasteiger partial charge in [-0.05, 0) is 17.7 Å². The Morgan fingerprint density at radius 3 is 2.48 bits per heavy atom. The molecular formula is C17H14FN5. The number of para-hydroxylation sites is 1. The molecule has 1 heterocycles. The van der Waals surface area contributed by atoms with Gasteiger partial charge in [0.15, 0.2) is 11.6 Å². The molecule has 6 heteroatoms. The number of halogens is 1. The summed E-state index contributed by atoms with van der Waals surface area (Å²) < 4.78 is 13.9. The van der Waals surface area contributed by atoms with Crippen molar-refractivity contribution >= 4 is 5.82 Å². The van der Waals surface area contributed by atoms with Crippen LogP contribution in [0.3, 0.4) is 0 Å². The predicted octanol–water partition coefficient (Wildman–Crippen LogP) is 2.91. The van der Waals surface area contributed by atoms with Crippen LogP contribution < -0.4 is 4.90 Å². The molecule has 0 saturated heterocycles. The van der Waals surface area contributed by atoms with Gasteiger partial charge in [0.05, 0.1) is 0 Å². The molecule has 114 valence electrons. The number of aromatic nitrogens is 3. The zero-order chi connectivity index (χ0) is 16.2. The quantitative estimate of drug-likeness (QED) is 0.743. The number of rotatable bonds is 4. The number of benzene rings is 2. The van der Waals surface area contributed by atoms with E-state index >= 15 is 0 Å². The van der Waals surface area contributed by atoms with Crippen molar-refractivity contribution in [2.24, 2.45) is 0 Å². The summed E-state index contributed by atoms with van der Waals surface area (Å²) in [7, 11) is 1.82. The summed E-state index contributed by atoms with van der Waals surface area (Å²) in [5, 5.41) is 17.6. The minimum atomic E-state index is -0.441. The highest BCUT2D eigenvalue weighted by molar-refractivity contribution is 5.50. The maximum absolute atomic E-state index is 13.9. The van der Waals surface area contributed by atoms with Crippen LogP contribution in [0.4, 0.5) is 10.2 Å². The van der Waals surface area contributed by atoms with E-state index in [1.54, 1.807) is 18.2 Å². The Kier molecular flexibility index (Phi) is 4.02. The van der Waals surface area contributed by atoms with E-state index in [1.807, 2.05) is 48.3 Å². The molecule has 0 unspecified atom stereocenters. The molecule has 0 radical (unpaired) electrons. The second kappa shape index (κ2) is 6.28. The molecule has 1 aromatic heterocycles. The number of hydrogen-bond donors (Lipinski definition) is 0. The SMILES string of the molecule is CN(Cc1ccccc1)c1nn(-c2ccccc2F)nc1C#N. The lowest BCUT2D eigenvalue weighted by atomic mass is 10.2. The average Bonchev–Trinajstić information content (AvgIpc) is 3.00. The summed E-state index contributed by atoms with van der Waals surface area (Å²) in [4.78, 5) is 2.98. The second-order valence-corrected chi connectivity index (χ2v) is 5.07. The highest BCUT2D eigenvalue weighted by atomic mass is 19.1. The summed E-state index contributed by atoms with van der Waals surface area (Å²) in [5.41, 5.74) is 1.45. The fourth-order valence-corrected chi connectivity index (χ4v) is 2.28. The largest absolute Gasteiger partial charge is 0.351 e. The molecule has 0 amide bonds. The first kappa shape index (κ1) is 14.7. The second-order valence-electron chi connectivity index (χ2n) is 5.07. The number of anilines is 1. The van der Waals surface area contributed by atoms with E-state index in [4.69, 9.17) is 0 Å². The molecule has 5 nitrogen and oxygen atoms in total. The molecule has 3 aromatic rings. The standard InChI is InChI=1S/C17H14FN5/c1-22(12-13-7-3-2-4-8-13)17-15(11-19)20-23(21-17)16-10-6-5-9-14(16)18/h2-10H,12H2,1H3. The summed E-state index contributed by atoms with van der Waals surface area (Å²) in [6.45, 7) is 0.575. The van der Waals surface area contributed by atoms with E-state index in [0.717, 1.165) is 10.4 Å². The molecular weight excluding hydrogens is 293 g/mol. The highest BCUT2D eigenvalue weighted by Crippen LogP contribution is 2.19. The van der Waals surface area contributed by atoms with Crippen LogP contribution in [0.15, 0.2) is 54.6 Å². The van der Waals surface area contributed by atoms with E-state index in [-0.39, 0.29) is 11.4 Å². The summed E-state index contributed by atoms with van der Waals surface area (Å²) in [6, 6.07) is 18.0. The lowest BCUT2D eigenvalue weighted by Gasteiger charge is -2.15. The van der Waals surface area contributed by atoms with Gasteiger partial charge < -0.3 is 4.90 Å². The molecule has 0 bridgehead atoms. The Morgan fingerprint density at radius 1 is 1.09 bits per heavy atom. The fraction of sp³-hybridized carbons (Fsp3) is 0.118. The summed E-state index contributed by atoms with van der Waals surface area (Å²) in [5.74, 6) is -0.0242. The Balaban J connectivity index is 1.94.